The van der Waals surface area contributed by atoms with Gasteiger partial charge in [0.15, 0.2) is 11.3 Å². The zero-order valence-corrected chi connectivity index (χ0v) is 5.57. The Balaban J connectivity index is 2.88. The molecule has 0 aliphatic rings. The monoisotopic (exact) mass is 163 g/mol. The van der Waals surface area contributed by atoms with E-state index in [1.165, 1.54) is 0 Å². The van der Waals surface area contributed by atoms with E-state index in [2.05, 4.69) is 4.98 Å². The summed E-state index contributed by atoms with van der Waals surface area (Å²) >= 11 is 0.712. The molecule has 0 saturated carbocycles. The van der Waals surface area contributed by atoms with Crippen LogP contribution < -0.4 is 0 Å². The zero-order valence-electron chi connectivity index (χ0n) is 4.75. The molecule has 0 atom stereocenters. The molecule has 54 valence electrons. The number of rotatable bonds is 2. The van der Waals surface area contributed by atoms with Crippen molar-refractivity contribution in [2.45, 2.75) is 6.43 Å². The first-order valence-corrected chi connectivity index (χ1v) is 3.24. The molecule has 0 aliphatic carbocycles. The maximum atomic E-state index is 11.7. The topological polar surface area (TPSA) is 30.0 Å². The highest BCUT2D eigenvalue weighted by atomic mass is 32.1. The highest BCUT2D eigenvalue weighted by Crippen LogP contribution is 2.22. The van der Waals surface area contributed by atoms with Gasteiger partial charge in [-0.05, 0) is 0 Å². The Morgan fingerprint density at radius 1 is 1.70 bits per heavy atom. The van der Waals surface area contributed by atoms with Gasteiger partial charge in [-0.1, -0.05) is 0 Å². The van der Waals surface area contributed by atoms with Crippen molar-refractivity contribution in [3.8, 4) is 0 Å². The Bertz CT molecular complexity index is 235. The number of carbonyl (C=O) groups excluding carboxylic acids is 1. The third kappa shape index (κ3) is 1.36. The highest BCUT2D eigenvalue weighted by Gasteiger charge is 2.11. The van der Waals surface area contributed by atoms with Gasteiger partial charge in [-0.2, -0.15) is 0 Å². The maximum Gasteiger partial charge on any atom is 0.289 e. The van der Waals surface area contributed by atoms with Gasteiger partial charge < -0.3 is 0 Å². The molecule has 1 rings (SSSR count). The molecule has 1 aromatic rings. The second-order valence-corrected chi connectivity index (χ2v) is 2.61. The molecular formula is C5H3F2NOS. The van der Waals surface area contributed by atoms with E-state index in [0.29, 0.717) is 17.6 Å². The van der Waals surface area contributed by atoms with Crippen molar-refractivity contribution in [3.05, 3.63) is 16.1 Å². The number of halogens is 2. The SMILES string of the molecule is O=Cc1cnc(C(F)F)s1. The number of nitrogens with zero attached hydrogens (tertiary/aromatic N) is 1. The lowest BCUT2D eigenvalue weighted by Crippen LogP contribution is -1.77. The number of thiazole rings is 1. The summed E-state index contributed by atoms with van der Waals surface area (Å²) in [6.07, 6.45) is -0.929. The van der Waals surface area contributed by atoms with Gasteiger partial charge in [0.1, 0.15) is 0 Å². The van der Waals surface area contributed by atoms with Crippen LogP contribution in [0.1, 0.15) is 21.1 Å². The summed E-state index contributed by atoms with van der Waals surface area (Å²) < 4.78 is 23.5. The summed E-state index contributed by atoms with van der Waals surface area (Å²) in [4.78, 5) is 13.5. The molecule has 5 heteroatoms. The van der Waals surface area contributed by atoms with Crippen LogP contribution in [-0.2, 0) is 0 Å². The second kappa shape index (κ2) is 2.83. The summed E-state index contributed by atoms with van der Waals surface area (Å²) in [6.45, 7) is 0. The van der Waals surface area contributed by atoms with Crippen molar-refractivity contribution in [1.82, 2.24) is 4.98 Å². The van der Waals surface area contributed by atoms with Gasteiger partial charge in [-0.15, -0.1) is 11.3 Å². The van der Waals surface area contributed by atoms with Crippen LogP contribution >= 0.6 is 11.3 Å². The van der Waals surface area contributed by atoms with E-state index in [1.807, 2.05) is 0 Å². The maximum absolute atomic E-state index is 11.7. The Hall–Kier alpha value is -0.840. The minimum atomic E-state index is -2.57. The third-order valence-corrected chi connectivity index (χ3v) is 1.77. The van der Waals surface area contributed by atoms with E-state index in [-0.39, 0.29) is 9.88 Å². The number of aldehydes is 1. The molecule has 0 unspecified atom stereocenters. The fourth-order valence-electron chi connectivity index (χ4n) is 0.456. The van der Waals surface area contributed by atoms with Crippen LogP contribution in [-0.4, -0.2) is 11.3 Å². The van der Waals surface area contributed by atoms with Gasteiger partial charge in [-0.3, -0.25) is 4.79 Å². The van der Waals surface area contributed by atoms with E-state index < -0.39 is 6.43 Å². The van der Waals surface area contributed by atoms with Crippen molar-refractivity contribution in [3.63, 3.8) is 0 Å². The molecule has 0 bridgehead atoms. The van der Waals surface area contributed by atoms with Crippen molar-refractivity contribution in [1.29, 1.82) is 0 Å². The van der Waals surface area contributed by atoms with Crippen molar-refractivity contribution < 1.29 is 13.6 Å². The van der Waals surface area contributed by atoms with Gasteiger partial charge in [0, 0.05) is 6.20 Å². The van der Waals surface area contributed by atoms with Crippen LogP contribution in [0.15, 0.2) is 6.20 Å². The number of hydrogen-bond donors (Lipinski definition) is 0. The average Bonchev–Trinajstić information content (AvgIpc) is 2.34. The molecule has 0 radical (unpaired) electrons. The smallest absolute Gasteiger partial charge is 0.289 e. The highest BCUT2D eigenvalue weighted by molar-refractivity contribution is 7.13. The Morgan fingerprint density at radius 2 is 2.40 bits per heavy atom. The predicted molar refractivity (Wildman–Crippen MR) is 32.5 cm³/mol. The average molecular weight is 163 g/mol. The molecule has 0 spiro atoms. The Kier molecular flexibility index (Phi) is 2.06. The largest absolute Gasteiger partial charge is 0.297 e. The fourth-order valence-corrected chi connectivity index (χ4v) is 1.05. The van der Waals surface area contributed by atoms with E-state index in [0.717, 1.165) is 6.20 Å². The quantitative estimate of drug-likeness (QED) is 0.623. The molecule has 0 N–H and O–H groups in total. The molecule has 0 aliphatic heterocycles. The van der Waals surface area contributed by atoms with Gasteiger partial charge in [0.2, 0.25) is 0 Å². The lowest BCUT2D eigenvalue weighted by Gasteiger charge is -1.86. The molecule has 0 fully saturated rings. The first-order chi connectivity index (χ1) is 4.74. The first kappa shape index (κ1) is 7.27. The molecule has 1 heterocycles. The summed E-state index contributed by atoms with van der Waals surface area (Å²) in [5.74, 6) is 0. The Morgan fingerprint density at radius 3 is 2.70 bits per heavy atom. The molecular weight excluding hydrogens is 160 g/mol. The van der Waals surface area contributed by atoms with Crippen LogP contribution in [0.3, 0.4) is 0 Å². The van der Waals surface area contributed by atoms with Crippen molar-refractivity contribution >= 4 is 17.6 Å². The van der Waals surface area contributed by atoms with Crippen molar-refractivity contribution in [2.24, 2.45) is 0 Å². The van der Waals surface area contributed by atoms with Gasteiger partial charge in [-0.25, -0.2) is 13.8 Å². The lowest BCUT2D eigenvalue weighted by molar-refractivity contribution is 0.112. The van der Waals surface area contributed by atoms with Crippen LogP contribution in [0, 0.1) is 0 Å². The Labute approximate surface area is 59.5 Å². The fraction of sp³-hybridized carbons (Fsp3) is 0.200. The van der Waals surface area contributed by atoms with Crippen LogP contribution in [0.4, 0.5) is 8.78 Å². The first-order valence-electron chi connectivity index (χ1n) is 2.43. The zero-order chi connectivity index (χ0) is 7.56. The molecule has 10 heavy (non-hydrogen) atoms. The van der Waals surface area contributed by atoms with E-state index in [1.54, 1.807) is 0 Å². The van der Waals surface area contributed by atoms with E-state index in [4.69, 9.17) is 0 Å². The molecule has 1 aromatic heterocycles. The number of alkyl halides is 2. The normalized spacial score (nSPS) is 10.3. The minimum absolute atomic E-state index is 0.232. The van der Waals surface area contributed by atoms with Crippen LogP contribution in [0.2, 0.25) is 0 Å². The van der Waals surface area contributed by atoms with E-state index in [9.17, 15) is 13.6 Å². The molecule has 0 amide bonds. The van der Waals surface area contributed by atoms with Crippen LogP contribution in [0.5, 0.6) is 0 Å². The number of aromatic nitrogens is 1. The lowest BCUT2D eigenvalue weighted by atomic mass is 10.6. The van der Waals surface area contributed by atoms with Crippen LogP contribution in [0.25, 0.3) is 0 Å². The standard InChI is InChI=1S/C5H3F2NOS/c6-4(7)5-8-1-3(2-9)10-5/h1-2,4H. The van der Waals surface area contributed by atoms with Gasteiger partial charge in [0.25, 0.3) is 6.43 Å². The molecule has 2 nitrogen and oxygen atoms in total. The molecule has 0 aromatic carbocycles. The van der Waals surface area contributed by atoms with Gasteiger partial charge in [0.05, 0.1) is 4.88 Å². The number of hydrogen-bond acceptors (Lipinski definition) is 3. The summed E-state index contributed by atoms with van der Waals surface area (Å²) in [5.41, 5.74) is 0. The second-order valence-electron chi connectivity index (χ2n) is 1.52. The molecule has 0 saturated heterocycles. The van der Waals surface area contributed by atoms with Crippen molar-refractivity contribution in [2.75, 3.05) is 0 Å². The minimum Gasteiger partial charge on any atom is -0.297 e. The summed E-state index contributed by atoms with van der Waals surface area (Å²) in [7, 11) is 0. The predicted octanol–water partition coefficient (Wildman–Crippen LogP) is 1.89. The number of carbonyl (C=O) groups is 1. The third-order valence-electron chi connectivity index (χ3n) is 0.844. The summed E-state index contributed by atoms with van der Waals surface area (Å²) in [5, 5.41) is -0.304. The van der Waals surface area contributed by atoms with E-state index >= 15 is 0 Å². The van der Waals surface area contributed by atoms with Gasteiger partial charge >= 0.3 is 0 Å². The summed E-state index contributed by atoms with van der Waals surface area (Å²) in [6, 6.07) is 0.